The molecule has 0 radical (unpaired) electrons. The van der Waals surface area contributed by atoms with Gasteiger partial charge < -0.3 is 19.4 Å². The highest BCUT2D eigenvalue weighted by atomic mass is 32.2. The molecule has 9 nitrogen and oxygen atoms in total. The Bertz CT molecular complexity index is 1360. The van der Waals surface area contributed by atoms with Gasteiger partial charge in [0.05, 0.1) is 19.9 Å². The van der Waals surface area contributed by atoms with Gasteiger partial charge in [-0.15, -0.1) is 10.2 Å². The Balaban J connectivity index is 1.96. The fraction of sp³-hybridized carbons (Fsp3) is 0.250. The average Bonchev–Trinajstić information content (AvgIpc) is 3.45. The van der Waals surface area contributed by atoms with Crippen LogP contribution in [0.2, 0.25) is 0 Å². The van der Waals surface area contributed by atoms with E-state index in [4.69, 9.17) is 9.47 Å². The van der Waals surface area contributed by atoms with Crippen LogP contribution in [0.5, 0.6) is 11.5 Å². The van der Waals surface area contributed by atoms with E-state index in [-0.39, 0.29) is 11.7 Å². The van der Waals surface area contributed by atoms with Gasteiger partial charge in [-0.3, -0.25) is 14.2 Å². The molecule has 0 fully saturated rings. The van der Waals surface area contributed by atoms with Gasteiger partial charge in [-0.1, -0.05) is 30.0 Å². The summed E-state index contributed by atoms with van der Waals surface area (Å²) in [5.41, 5.74) is 2.38. The predicted octanol–water partition coefficient (Wildman–Crippen LogP) is 3.57. The van der Waals surface area contributed by atoms with Gasteiger partial charge in [0.15, 0.2) is 16.8 Å². The Labute approximate surface area is 201 Å². The minimum Gasteiger partial charge on any atom is -0.497 e. The van der Waals surface area contributed by atoms with Crippen LogP contribution in [-0.4, -0.2) is 69.9 Å². The van der Waals surface area contributed by atoms with Crippen LogP contribution >= 0.6 is 11.8 Å². The van der Waals surface area contributed by atoms with Crippen LogP contribution in [0.15, 0.2) is 53.8 Å². The van der Waals surface area contributed by atoms with E-state index >= 15 is 0 Å². The Morgan fingerprint density at radius 3 is 2.53 bits per heavy atom. The van der Waals surface area contributed by atoms with Gasteiger partial charge in [0.25, 0.3) is 0 Å². The van der Waals surface area contributed by atoms with Crippen molar-refractivity contribution in [1.29, 1.82) is 0 Å². The van der Waals surface area contributed by atoms with Crippen LogP contribution in [0, 0.1) is 0 Å². The second kappa shape index (κ2) is 9.60. The fourth-order valence-corrected chi connectivity index (χ4v) is 4.68. The first-order valence-electron chi connectivity index (χ1n) is 10.5. The summed E-state index contributed by atoms with van der Waals surface area (Å²) in [6.45, 7) is 1.40. The fourth-order valence-electron chi connectivity index (χ4n) is 3.61. The molecule has 1 amide bonds. The monoisotopic (exact) mass is 479 g/mol. The summed E-state index contributed by atoms with van der Waals surface area (Å²) in [7, 11) is 6.38. The first kappa shape index (κ1) is 23.4. The Hall–Kier alpha value is -3.79. The molecular formula is C24H25N5O4S. The van der Waals surface area contributed by atoms with Gasteiger partial charge >= 0.3 is 0 Å². The molecule has 2 heterocycles. The van der Waals surface area contributed by atoms with Crippen molar-refractivity contribution in [2.45, 2.75) is 17.3 Å². The number of carbonyl (C=O) groups is 2. The number of para-hydroxylation sites is 1. The summed E-state index contributed by atoms with van der Waals surface area (Å²) in [6, 6.07) is 13.2. The number of aromatic amines is 1. The van der Waals surface area contributed by atoms with Crippen LogP contribution in [0.1, 0.15) is 6.92 Å². The van der Waals surface area contributed by atoms with E-state index in [1.807, 2.05) is 30.5 Å². The molecule has 176 valence electrons. The van der Waals surface area contributed by atoms with E-state index in [0.717, 1.165) is 28.2 Å². The molecule has 2 aromatic carbocycles. The number of amides is 1. The molecule has 0 saturated carbocycles. The molecule has 4 aromatic rings. The number of Topliss-reactive ketones (excluding diaryl/α,β-unsaturated/α-hetero) is 1. The zero-order chi connectivity index (χ0) is 24.4. The maximum absolute atomic E-state index is 12.7. The smallest absolute Gasteiger partial charge is 0.243 e. The first-order chi connectivity index (χ1) is 16.3. The predicted molar refractivity (Wildman–Crippen MR) is 131 cm³/mol. The van der Waals surface area contributed by atoms with Crippen LogP contribution in [0.4, 0.5) is 0 Å². The van der Waals surface area contributed by atoms with Crippen LogP contribution in [0.25, 0.3) is 28.0 Å². The Kier molecular flexibility index (Phi) is 6.60. The molecule has 0 bridgehead atoms. The average molecular weight is 480 g/mol. The zero-order valence-electron chi connectivity index (χ0n) is 19.5. The SMILES string of the molecule is COc1ccc(OC)c(-n2c(S[C@H](C(C)=O)C(=O)N(C)C)nnc2-c2c[nH]c3ccccc23)c1. The number of methoxy groups -OCH3 is 2. The molecule has 0 unspecified atom stereocenters. The summed E-state index contributed by atoms with van der Waals surface area (Å²) in [6.07, 6.45) is 1.86. The normalized spacial score (nSPS) is 11.9. The van der Waals surface area contributed by atoms with Crippen molar-refractivity contribution in [1.82, 2.24) is 24.6 Å². The van der Waals surface area contributed by atoms with Crippen molar-refractivity contribution in [2.24, 2.45) is 0 Å². The number of benzene rings is 2. The largest absolute Gasteiger partial charge is 0.497 e. The van der Waals surface area contributed by atoms with Crippen LogP contribution < -0.4 is 9.47 Å². The minimum absolute atomic E-state index is 0.274. The third kappa shape index (κ3) is 4.24. The highest BCUT2D eigenvalue weighted by Crippen LogP contribution is 2.38. The summed E-state index contributed by atoms with van der Waals surface area (Å²) in [4.78, 5) is 29.8. The van der Waals surface area contributed by atoms with E-state index in [9.17, 15) is 9.59 Å². The second-order valence-electron chi connectivity index (χ2n) is 7.77. The number of carbonyl (C=O) groups excluding carboxylic acids is 2. The number of hydrogen-bond donors (Lipinski definition) is 1. The van der Waals surface area contributed by atoms with Crippen molar-refractivity contribution in [2.75, 3.05) is 28.3 Å². The zero-order valence-corrected chi connectivity index (χ0v) is 20.3. The van der Waals surface area contributed by atoms with Crippen molar-refractivity contribution < 1.29 is 19.1 Å². The number of aromatic nitrogens is 4. The number of rotatable bonds is 8. The number of nitrogens with zero attached hydrogens (tertiary/aromatic N) is 4. The standard InChI is InChI=1S/C24H25N5O4S/c1-14(30)21(23(31)28(2)3)34-24-27-26-22(17-13-25-18-9-7-6-8-16(17)18)29(24)19-12-15(32-4)10-11-20(19)33-5/h6-13,21,25H,1-5H3/t21-/m1/s1. The lowest BCUT2D eigenvalue weighted by molar-refractivity contribution is -0.132. The van der Waals surface area contributed by atoms with Gasteiger partial charge in [-0.05, 0) is 25.1 Å². The first-order valence-corrected chi connectivity index (χ1v) is 11.4. The maximum atomic E-state index is 12.7. The summed E-state index contributed by atoms with van der Waals surface area (Å²) < 4.78 is 12.9. The molecule has 0 saturated heterocycles. The lowest BCUT2D eigenvalue weighted by atomic mass is 10.1. The second-order valence-corrected chi connectivity index (χ2v) is 8.84. The lowest BCUT2D eigenvalue weighted by Gasteiger charge is -2.19. The molecule has 0 spiro atoms. The number of H-pyrrole nitrogens is 1. The molecule has 10 heteroatoms. The van der Waals surface area contributed by atoms with E-state index in [1.165, 1.54) is 11.8 Å². The topological polar surface area (TPSA) is 102 Å². The molecule has 1 N–H and O–H groups in total. The van der Waals surface area contributed by atoms with Gasteiger partial charge in [-0.25, -0.2) is 0 Å². The van der Waals surface area contributed by atoms with Crippen molar-refractivity contribution >= 4 is 34.4 Å². The number of ether oxygens (including phenoxy) is 2. The number of thioether (sulfide) groups is 1. The van der Waals surface area contributed by atoms with E-state index in [1.54, 1.807) is 51.1 Å². The van der Waals surface area contributed by atoms with Crippen molar-refractivity contribution in [3.63, 3.8) is 0 Å². The quantitative estimate of drug-likeness (QED) is 0.304. The van der Waals surface area contributed by atoms with Crippen LogP contribution in [-0.2, 0) is 9.59 Å². The summed E-state index contributed by atoms with van der Waals surface area (Å²) in [5.74, 6) is 1.11. The molecule has 34 heavy (non-hydrogen) atoms. The van der Waals surface area contributed by atoms with Gasteiger partial charge in [0.2, 0.25) is 5.91 Å². The molecule has 0 aliphatic heterocycles. The Morgan fingerprint density at radius 1 is 1.09 bits per heavy atom. The van der Waals surface area contributed by atoms with E-state index in [2.05, 4.69) is 15.2 Å². The molecule has 2 aromatic heterocycles. The molecule has 1 atom stereocenters. The molecule has 0 aliphatic rings. The number of fused-ring (bicyclic) bond motifs is 1. The third-order valence-corrected chi connectivity index (χ3v) is 6.59. The van der Waals surface area contributed by atoms with E-state index < -0.39 is 5.25 Å². The van der Waals surface area contributed by atoms with Crippen molar-refractivity contribution in [3.05, 3.63) is 48.7 Å². The van der Waals surface area contributed by atoms with Gasteiger partial charge in [0.1, 0.15) is 16.7 Å². The maximum Gasteiger partial charge on any atom is 0.243 e. The van der Waals surface area contributed by atoms with Gasteiger partial charge in [-0.2, -0.15) is 0 Å². The highest BCUT2D eigenvalue weighted by Gasteiger charge is 2.30. The van der Waals surface area contributed by atoms with Crippen LogP contribution in [0.3, 0.4) is 0 Å². The molecular weight excluding hydrogens is 454 g/mol. The lowest BCUT2D eigenvalue weighted by Crippen LogP contribution is -2.36. The number of nitrogens with one attached hydrogen (secondary N) is 1. The van der Waals surface area contributed by atoms with E-state index in [0.29, 0.717) is 28.2 Å². The highest BCUT2D eigenvalue weighted by molar-refractivity contribution is 8.01. The number of ketones is 1. The minimum atomic E-state index is -0.967. The summed E-state index contributed by atoms with van der Waals surface area (Å²) >= 11 is 1.05. The third-order valence-electron chi connectivity index (χ3n) is 5.35. The Morgan fingerprint density at radius 2 is 1.85 bits per heavy atom. The van der Waals surface area contributed by atoms with Crippen molar-refractivity contribution in [3.8, 4) is 28.6 Å². The molecule has 0 aliphatic carbocycles. The summed E-state index contributed by atoms with van der Waals surface area (Å²) in [5, 5.41) is 9.24. The molecule has 4 rings (SSSR count). The number of hydrogen-bond acceptors (Lipinski definition) is 7. The van der Waals surface area contributed by atoms with Gasteiger partial charge in [0, 0.05) is 42.8 Å².